The van der Waals surface area contributed by atoms with Gasteiger partial charge >= 0.3 is 6.03 Å². The van der Waals surface area contributed by atoms with Crippen molar-refractivity contribution in [1.29, 1.82) is 0 Å². The molecule has 1 aliphatic heterocycles. The molecule has 5 heteroatoms. The van der Waals surface area contributed by atoms with Crippen LogP contribution in [0.15, 0.2) is 24.3 Å². The summed E-state index contributed by atoms with van der Waals surface area (Å²) in [5.41, 5.74) is 2.84. The Morgan fingerprint density at radius 3 is 2.64 bits per heavy atom. The number of carbonyl (C=O) groups excluding carboxylic acids is 1. The van der Waals surface area contributed by atoms with Crippen molar-refractivity contribution in [3.05, 3.63) is 35.4 Å². The molecule has 2 amide bonds. The van der Waals surface area contributed by atoms with Gasteiger partial charge in [0.15, 0.2) is 0 Å². The van der Waals surface area contributed by atoms with Crippen LogP contribution in [0.2, 0.25) is 0 Å². The molecule has 2 atom stereocenters. The summed E-state index contributed by atoms with van der Waals surface area (Å²) in [6, 6.07) is 8.71. The third-order valence-electron chi connectivity index (χ3n) is 4.20. The molecule has 0 aliphatic carbocycles. The summed E-state index contributed by atoms with van der Waals surface area (Å²) in [5, 5.41) is 14.7. The smallest absolute Gasteiger partial charge is 0.314 e. The number of benzene rings is 1. The van der Waals surface area contributed by atoms with E-state index < -0.39 is 6.10 Å². The normalized spacial score (nSPS) is 17.4. The van der Waals surface area contributed by atoms with Crippen LogP contribution in [0.3, 0.4) is 0 Å². The van der Waals surface area contributed by atoms with E-state index >= 15 is 0 Å². The number of hydrogen-bond donors (Lipinski definition) is 3. The van der Waals surface area contributed by atoms with Crippen LogP contribution in [-0.4, -0.2) is 47.8 Å². The summed E-state index contributed by atoms with van der Waals surface area (Å²) in [4.78, 5) is 14.1. The molecule has 1 unspecified atom stereocenters. The molecule has 0 spiro atoms. The zero-order valence-corrected chi connectivity index (χ0v) is 13.5. The minimum atomic E-state index is -0.522. The van der Waals surface area contributed by atoms with Crippen molar-refractivity contribution < 1.29 is 9.90 Å². The van der Waals surface area contributed by atoms with Crippen molar-refractivity contribution in [1.82, 2.24) is 15.5 Å². The number of rotatable bonds is 6. The van der Waals surface area contributed by atoms with Gasteiger partial charge < -0.3 is 15.7 Å². The van der Waals surface area contributed by atoms with Crippen molar-refractivity contribution in [3.8, 4) is 0 Å². The van der Waals surface area contributed by atoms with Gasteiger partial charge in [-0.25, -0.2) is 4.79 Å². The summed E-state index contributed by atoms with van der Waals surface area (Å²) < 4.78 is 0. The lowest BCUT2D eigenvalue weighted by Crippen LogP contribution is -2.48. The molecule has 1 heterocycles. The highest BCUT2D eigenvalue weighted by molar-refractivity contribution is 5.73. The van der Waals surface area contributed by atoms with Crippen LogP contribution in [0.4, 0.5) is 4.79 Å². The highest BCUT2D eigenvalue weighted by Gasteiger charge is 2.22. The Hall–Kier alpha value is -1.59. The van der Waals surface area contributed by atoms with E-state index in [4.69, 9.17) is 0 Å². The van der Waals surface area contributed by atoms with Crippen molar-refractivity contribution in [2.24, 2.45) is 0 Å². The van der Waals surface area contributed by atoms with Gasteiger partial charge in [0.2, 0.25) is 0 Å². The lowest BCUT2D eigenvalue weighted by atomic mass is 9.98. The molecule has 0 aromatic heterocycles. The number of carbonyl (C=O) groups is 1. The number of aliphatic hydroxyl groups is 1. The van der Waals surface area contributed by atoms with Crippen molar-refractivity contribution in [3.63, 3.8) is 0 Å². The summed E-state index contributed by atoms with van der Waals surface area (Å²) in [6.07, 6.45) is 1.55. The predicted octanol–water partition coefficient (Wildman–Crippen LogP) is 1.50. The third-order valence-corrected chi connectivity index (χ3v) is 4.20. The van der Waals surface area contributed by atoms with Crippen LogP contribution in [0.1, 0.15) is 31.4 Å². The Balaban J connectivity index is 1.83. The van der Waals surface area contributed by atoms with Crippen molar-refractivity contribution in [2.45, 2.75) is 45.4 Å². The molecule has 1 aromatic carbocycles. The summed E-state index contributed by atoms with van der Waals surface area (Å²) in [6.45, 7) is 6.70. The number of aliphatic hydroxyl groups excluding tert-OH is 1. The number of nitrogens with zero attached hydrogens (tertiary/aromatic N) is 1. The average Bonchev–Trinajstić information content (AvgIpc) is 2.53. The molecular formula is C17H27N3O2. The first-order chi connectivity index (χ1) is 10.6. The molecule has 1 aliphatic rings. The Bertz CT molecular complexity index is 491. The summed E-state index contributed by atoms with van der Waals surface area (Å²) in [5.74, 6) is 0. The van der Waals surface area contributed by atoms with Crippen LogP contribution < -0.4 is 10.6 Å². The van der Waals surface area contributed by atoms with Gasteiger partial charge in [-0.2, -0.15) is 0 Å². The van der Waals surface area contributed by atoms with Gasteiger partial charge in [0.25, 0.3) is 0 Å². The quantitative estimate of drug-likeness (QED) is 0.746. The molecule has 5 nitrogen and oxygen atoms in total. The average molecular weight is 305 g/mol. The number of amides is 2. The maximum atomic E-state index is 11.7. The predicted molar refractivity (Wildman–Crippen MR) is 87.7 cm³/mol. The van der Waals surface area contributed by atoms with Crippen LogP contribution in [-0.2, 0) is 13.0 Å². The van der Waals surface area contributed by atoms with E-state index in [2.05, 4.69) is 46.7 Å². The highest BCUT2D eigenvalue weighted by Crippen LogP contribution is 2.21. The zero-order chi connectivity index (χ0) is 15.9. The molecular weight excluding hydrogens is 278 g/mol. The second kappa shape index (κ2) is 8.15. The Morgan fingerprint density at radius 1 is 1.27 bits per heavy atom. The van der Waals surface area contributed by atoms with E-state index in [1.165, 1.54) is 11.1 Å². The topological polar surface area (TPSA) is 64.6 Å². The Labute approximate surface area is 132 Å². The highest BCUT2D eigenvalue weighted by atomic mass is 16.3. The van der Waals surface area contributed by atoms with E-state index in [-0.39, 0.29) is 12.6 Å². The van der Waals surface area contributed by atoms with Gasteiger partial charge in [0.05, 0.1) is 6.10 Å². The standard InChI is InChI=1S/C17H27N3O2/c1-3-16(11-19-17(22)18-10-13(2)21)20-9-8-14-6-4-5-7-15(14)12-20/h4-7,13,16,21H,3,8-12H2,1-2H3,(H2,18,19,22)/t13-,16?/m1/s1. The SMILES string of the molecule is CCC(CNC(=O)NC[C@@H](C)O)N1CCc2ccccc2C1. The van der Waals surface area contributed by atoms with Crippen LogP contribution in [0.5, 0.6) is 0 Å². The fraction of sp³-hybridized carbons (Fsp3) is 0.588. The second-order valence-electron chi connectivity index (χ2n) is 5.99. The molecule has 1 aromatic rings. The number of nitrogens with one attached hydrogen (secondary N) is 2. The first kappa shape index (κ1) is 16.8. The van der Waals surface area contributed by atoms with Gasteiger partial charge in [-0.1, -0.05) is 31.2 Å². The van der Waals surface area contributed by atoms with E-state index in [1.54, 1.807) is 6.92 Å². The largest absolute Gasteiger partial charge is 0.392 e. The van der Waals surface area contributed by atoms with E-state index in [1.807, 2.05) is 0 Å². The lowest BCUT2D eigenvalue weighted by Gasteiger charge is -2.35. The van der Waals surface area contributed by atoms with Gasteiger partial charge in [0.1, 0.15) is 0 Å². The monoisotopic (exact) mass is 305 g/mol. The van der Waals surface area contributed by atoms with Crippen molar-refractivity contribution in [2.75, 3.05) is 19.6 Å². The Kier molecular flexibility index (Phi) is 6.21. The first-order valence-electron chi connectivity index (χ1n) is 8.10. The van der Waals surface area contributed by atoms with Crippen LogP contribution >= 0.6 is 0 Å². The molecule has 122 valence electrons. The second-order valence-corrected chi connectivity index (χ2v) is 5.99. The maximum absolute atomic E-state index is 11.7. The molecule has 22 heavy (non-hydrogen) atoms. The molecule has 0 saturated heterocycles. The van der Waals surface area contributed by atoms with Gasteiger partial charge in [0, 0.05) is 32.2 Å². The number of fused-ring (bicyclic) bond motifs is 1. The van der Waals surface area contributed by atoms with Gasteiger partial charge in [-0.05, 0) is 30.9 Å². The first-order valence-corrected chi connectivity index (χ1v) is 8.10. The molecule has 0 fully saturated rings. The minimum absolute atomic E-state index is 0.211. The van der Waals surface area contributed by atoms with Crippen molar-refractivity contribution >= 4 is 6.03 Å². The van der Waals surface area contributed by atoms with E-state index in [0.717, 1.165) is 25.9 Å². The minimum Gasteiger partial charge on any atom is -0.392 e. The van der Waals surface area contributed by atoms with E-state index in [0.29, 0.717) is 12.6 Å². The van der Waals surface area contributed by atoms with Crippen LogP contribution in [0.25, 0.3) is 0 Å². The zero-order valence-electron chi connectivity index (χ0n) is 13.5. The number of hydrogen-bond acceptors (Lipinski definition) is 3. The molecule has 3 N–H and O–H groups in total. The molecule has 2 rings (SSSR count). The lowest BCUT2D eigenvalue weighted by molar-refractivity contribution is 0.166. The fourth-order valence-corrected chi connectivity index (χ4v) is 2.87. The fourth-order valence-electron chi connectivity index (χ4n) is 2.87. The molecule has 0 bridgehead atoms. The molecule has 0 saturated carbocycles. The molecule has 0 radical (unpaired) electrons. The van der Waals surface area contributed by atoms with Gasteiger partial charge in [-0.15, -0.1) is 0 Å². The third kappa shape index (κ3) is 4.71. The van der Waals surface area contributed by atoms with E-state index in [9.17, 15) is 9.90 Å². The van der Waals surface area contributed by atoms with Gasteiger partial charge in [-0.3, -0.25) is 4.90 Å². The summed E-state index contributed by atoms with van der Waals surface area (Å²) >= 11 is 0. The summed E-state index contributed by atoms with van der Waals surface area (Å²) in [7, 11) is 0. The Morgan fingerprint density at radius 2 is 1.95 bits per heavy atom. The maximum Gasteiger partial charge on any atom is 0.314 e. The number of urea groups is 1. The van der Waals surface area contributed by atoms with Crippen LogP contribution in [0, 0.1) is 0 Å².